The molecule has 4 heteroatoms. The van der Waals surface area contributed by atoms with E-state index in [1.807, 2.05) is 6.92 Å². The van der Waals surface area contributed by atoms with Gasteiger partial charge < -0.3 is 14.9 Å². The van der Waals surface area contributed by atoms with Gasteiger partial charge in [0.25, 0.3) is 0 Å². The maximum absolute atomic E-state index is 11.0. The number of hydrogen-bond acceptors (Lipinski definition) is 4. The van der Waals surface area contributed by atoms with Crippen molar-refractivity contribution < 1.29 is 19.7 Å². The number of carbonyl (C=O) groups excluding carboxylic acids is 1. The zero-order valence-corrected chi connectivity index (χ0v) is 14.5. The van der Waals surface area contributed by atoms with Crippen LogP contribution in [0.1, 0.15) is 66.2 Å². The highest BCUT2D eigenvalue weighted by Gasteiger charge is 2.58. The van der Waals surface area contributed by atoms with Gasteiger partial charge >= 0.3 is 5.97 Å². The van der Waals surface area contributed by atoms with Crippen LogP contribution < -0.4 is 0 Å². The normalized spacial score (nSPS) is 45.2. The summed E-state index contributed by atoms with van der Waals surface area (Å²) in [6.07, 6.45) is 5.64. The third kappa shape index (κ3) is 3.05. The molecule has 0 aromatic heterocycles. The van der Waals surface area contributed by atoms with Gasteiger partial charge in [-0.25, -0.2) is 0 Å². The first kappa shape index (κ1) is 17.7. The van der Waals surface area contributed by atoms with Crippen LogP contribution in [0.4, 0.5) is 0 Å². The van der Waals surface area contributed by atoms with Crippen molar-refractivity contribution in [3.05, 3.63) is 0 Å². The second kappa shape index (κ2) is 6.12. The highest BCUT2D eigenvalue weighted by molar-refractivity contribution is 5.65. The van der Waals surface area contributed by atoms with Crippen molar-refractivity contribution in [2.24, 2.45) is 22.7 Å². The van der Waals surface area contributed by atoms with Crippen LogP contribution >= 0.6 is 0 Å². The van der Waals surface area contributed by atoms with Crippen molar-refractivity contribution in [2.45, 2.75) is 71.8 Å². The van der Waals surface area contributed by atoms with Crippen LogP contribution in [0.2, 0.25) is 0 Å². The Labute approximate surface area is 134 Å². The lowest BCUT2D eigenvalue weighted by molar-refractivity contribution is -0.184. The molecule has 0 radical (unpaired) electrons. The lowest BCUT2D eigenvalue weighted by atomic mass is 9.45. The second-order valence-corrected chi connectivity index (χ2v) is 8.30. The average molecular weight is 312 g/mol. The first-order chi connectivity index (χ1) is 10.2. The first-order valence-electron chi connectivity index (χ1n) is 8.62. The van der Waals surface area contributed by atoms with E-state index in [0.717, 1.165) is 32.1 Å². The molecule has 0 bridgehead atoms. The van der Waals surface area contributed by atoms with E-state index in [1.54, 1.807) is 0 Å². The van der Waals surface area contributed by atoms with Crippen LogP contribution in [-0.4, -0.2) is 35.0 Å². The van der Waals surface area contributed by atoms with Gasteiger partial charge in [-0.3, -0.25) is 4.79 Å². The Morgan fingerprint density at radius 1 is 1.23 bits per heavy atom. The van der Waals surface area contributed by atoms with Gasteiger partial charge in [-0.15, -0.1) is 0 Å². The number of aliphatic hydroxyl groups excluding tert-OH is 1. The molecule has 0 saturated heterocycles. The third-order valence-electron chi connectivity index (χ3n) is 6.66. The van der Waals surface area contributed by atoms with Crippen LogP contribution in [-0.2, 0) is 9.53 Å². The monoisotopic (exact) mass is 312 g/mol. The van der Waals surface area contributed by atoms with Crippen LogP contribution in [0.25, 0.3) is 0 Å². The molecule has 0 heterocycles. The van der Waals surface area contributed by atoms with E-state index in [-0.39, 0.29) is 29.3 Å². The van der Waals surface area contributed by atoms with Crippen LogP contribution in [0, 0.1) is 22.7 Å². The fraction of sp³-hybridized carbons (Fsp3) is 0.944. The lowest BCUT2D eigenvalue weighted by Gasteiger charge is -2.61. The van der Waals surface area contributed by atoms with E-state index in [2.05, 4.69) is 13.8 Å². The molecule has 0 aromatic rings. The predicted molar refractivity (Wildman–Crippen MR) is 85.2 cm³/mol. The van der Waals surface area contributed by atoms with E-state index in [4.69, 9.17) is 4.74 Å². The number of hydrogen-bond donors (Lipinski definition) is 2. The molecule has 2 rings (SSSR count). The highest BCUT2D eigenvalue weighted by atomic mass is 16.5. The van der Waals surface area contributed by atoms with Crippen molar-refractivity contribution in [1.29, 1.82) is 0 Å². The number of aliphatic hydroxyl groups is 2. The molecule has 22 heavy (non-hydrogen) atoms. The summed E-state index contributed by atoms with van der Waals surface area (Å²) in [4.78, 5) is 11.0. The van der Waals surface area contributed by atoms with Crippen molar-refractivity contribution in [1.82, 2.24) is 0 Å². The van der Waals surface area contributed by atoms with Crippen molar-refractivity contribution in [3.8, 4) is 0 Å². The predicted octanol–water partition coefficient (Wildman–Crippen LogP) is 2.91. The van der Waals surface area contributed by atoms with Crippen molar-refractivity contribution in [3.63, 3.8) is 0 Å². The lowest BCUT2D eigenvalue weighted by Crippen LogP contribution is -2.59. The van der Waals surface area contributed by atoms with Gasteiger partial charge in [0.1, 0.15) is 0 Å². The Morgan fingerprint density at radius 2 is 1.91 bits per heavy atom. The quantitative estimate of drug-likeness (QED) is 0.783. The van der Waals surface area contributed by atoms with Gasteiger partial charge in [-0.1, -0.05) is 20.3 Å². The largest absolute Gasteiger partial charge is 0.466 e. The minimum atomic E-state index is -0.723. The molecule has 0 unspecified atom stereocenters. The summed E-state index contributed by atoms with van der Waals surface area (Å²) in [5.41, 5.74) is -0.778. The molecule has 0 spiro atoms. The molecule has 128 valence electrons. The van der Waals surface area contributed by atoms with E-state index in [0.29, 0.717) is 18.9 Å². The number of fused-ring (bicyclic) bond motifs is 1. The Hall–Kier alpha value is -0.610. The van der Waals surface area contributed by atoms with E-state index < -0.39 is 5.60 Å². The van der Waals surface area contributed by atoms with Gasteiger partial charge in [0.15, 0.2) is 0 Å². The molecular weight excluding hydrogens is 280 g/mol. The van der Waals surface area contributed by atoms with Crippen LogP contribution in [0.5, 0.6) is 0 Å². The van der Waals surface area contributed by atoms with Crippen molar-refractivity contribution in [2.75, 3.05) is 13.2 Å². The van der Waals surface area contributed by atoms with E-state index in [1.165, 1.54) is 6.92 Å². The summed E-state index contributed by atoms with van der Waals surface area (Å²) in [5.74, 6) is 0.256. The molecular formula is C18H32O4. The Morgan fingerprint density at radius 3 is 2.50 bits per heavy atom. The second-order valence-electron chi connectivity index (χ2n) is 8.30. The van der Waals surface area contributed by atoms with Gasteiger partial charge in [0, 0.05) is 13.5 Å². The third-order valence-corrected chi connectivity index (χ3v) is 6.66. The topological polar surface area (TPSA) is 66.8 Å². The fourth-order valence-corrected chi connectivity index (χ4v) is 5.58. The molecule has 0 aliphatic heterocycles. The zero-order valence-electron chi connectivity index (χ0n) is 14.5. The van der Waals surface area contributed by atoms with E-state index >= 15 is 0 Å². The van der Waals surface area contributed by atoms with Crippen molar-refractivity contribution >= 4 is 5.97 Å². The molecule has 2 aliphatic carbocycles. The standard InChI is InChI=1S/C18H32O4/c1-13(20)22-11-7-15-17(3)9-5-8-16(2,12-19)14(17)6-10-18(15,4)21/h14-15,19,21H,5-12H2,1-4H3/t14-,15+,16-,17-,18+/m0/s1. The molecule has 2 aliphatic rings. The highest BCUT2D eigenvalue weighted by Crippen LogP contribution is 2.62. The number of ether oxygens (including phenoxy) is 1. The molecule has 2 fully saturated rings. The maximum atomic E-state index is 11.0. The smallest absolute Gasteiger partial charge is 0.302 e. The summed E-state index contributed by atoms with van der Waals surface area (Å²) < 4.78 is 5.14. The van der Waals surface area contributed by atoms with Gasteiger partial charge in [0.05, 0.1) is 12.2 Å². The minimum absolute atomic E-state index is 0.00235. The minimum Gasteiger partial charge on any atom is -0.466 e. The summed E-state index contributed by atoms with van der Waals surface area (Å²) in [5, 5.41) is 20.9. The Kier molecular flexibility index (Phi) is 4.94. The number of carbonyl (C=O) groups is 1. The molecule has 5 atom stereocenters. The van der Waals surface area contributed by atoms with Gasteiger partial charge in [0.2, 0.25) is 0 Å². The number of esters is 1. The maximum Gasteiger partial charge on any atom is 0.302 e. The summed E-state index contributed by atoms with van der Waals surface area (Å²) >= 11 is 0. The van der Waals surface area contributed by atoms with Gasteiger partial charge in [-0.05, 0) is 61.7 Å². The van der Waals surface area contributed by atoms with Gasteiger partial charge in [-0.2, -0.15) is 0 Å². The molecule has 2 saturated carbocycles. The SMILES string of the molecule is CC(=O)OCC[C@@H]1[C@@]2(C)CCC[C@@](C)(CO)[C@@H]2CC[C@@]1(C)O. The molecule has 2 N–H and O–H groups in total. The molecule has 0 aromatic carbocycles. The Bertz CT molecular complexity index is 419. The van der Waals surface area contributed by atoms with E-state index in [9.17, 15) is 15.0 Å². The number of rotatable bonds is 4. The first-order valence-corrected chi connectivity index (χ1v) is 8.62. The van der Waals surface area contributed by atoms with Crippen LogP contribution in [0.15, 0.2) is 0 Å². The summed E-state index contributed by atoms with van der Waals surface area (Å²) in [6, 6.07) is 0. The Balaban J connectivity index is 2.24. The van der Waals surface area contributed by atoms with Crippen LogP contribution in [0.3, 0.4) is 0 Å². The molecule has 4 nitrogen and oxygen atoms in total. The summed E-state index contributed by atoms with van der Waals surface area (Å²) in [7, 11) is 0. The zero-order chi connectivity index (χ0) is 16.6. The fourth-order valence-electron chi connectivity index (χ4n) is 5.58. The molecule has 0 amide bonds. The average Bonchev–Trinajstić information content (AvgIpc) is 2.41. The summed E-state index contributed by atoms with van der Waals surface area (Å²) in [6.45, 7) is 8.40.